The van der Waals surface area contributed by atoms with E-state index >= 15 is 0 Å². The van der Waals surface area contributed by atoms with E-state index < -0.39 is 0 Å². The maximum absolute atomic E-state index is 12.8. The normalized spacial score (nSPS) is 13.3. The molecule has 0 saturated heterocycles. The molecule has 14 heavy (non-hydrogen) atoms. The van der Waals surface area contributed by atoms with Crippen molar-refractivity contribution in [1.29, 1.82) is 0 Å². The Morgan fingerprint density at radius 3 is 2.57 bits per heavy atom. The SMILES string of the molecule is CC(C)CC(N)c1ccc(F)cc1I. The Labute approximate surface area is 98.0 Å². The molecule has 0 aliphatic heterocycles. The van der Waals surface area contributed by atoms with Crippen LogP contribution in [0.3, 0.4) is 0 Å². The summed E-state index contributed by atoms with van der Waals surface area (Å²) in [6.07, 6.45) is 0.932. The van der Waals surface area contributed by atoms with Gasteiger partial charge in [0, 0.05) is 9.61 Å². The molecule has 0 amide bonds. The number of halogens is 2. The maximum atomic E-state index is 12.8. The molecule has 78 valence electrons. The van der Waals surface area contributed by atoms with Crippen molar-refractivity contribution in [3.8, 4) is 0 Å². The topological polar surface area (TPSA) is 26.0 Å². The Hall–Kier alpha value is -0.160. The minimum absolute atomic E-state index is 0.0162. The predicted octanol–water partition coefficient (Wildman–Crippen LogP) is 3.48. The lowest BCUT2D eigenvalue weighted by Crippen LogP contribution is -2.14. The van der Waals surface area contributed by atoms with Gasteiger partial charge in [-0.25, -0.2) is 4.39 Å². The monoisotopic (exact) mass is 307 g/mol. The summed E-state index contributed by atoms with van der Waals surface area (Å²) < 4.78 is 13.7. The second kappa shape index (κ2) is 5.07. The lowest BCUT2D eigenvalue weighted by molar-refractivity contribution is 0.507. The molecule has 0 aliphatic rings. The third-order valence-electron chi connectivity index (χ3n) is 2.09. The fourth-order valence-corrected chi connectivity index (χ4v) is 2.31. The van der Waals surface area contributed by atoms with Crippen LogP contribution in [0.5, 0.6) is 0 Å². The van der Waals surface area contributed by atoms with Gasteiger partial charge < -0.3 is 5.73 Å². The fraction of sp³-hybridized carbons (Fsp3) is 0.455. The third-order valence-corrected chi connectivity index (χ3v) is 3.02. The molecule has 1 unspecified atom stereocenters. The molecule has 0 aromatic heterocycles. The number of benzene rings is 1. The zero-order chi connectivity index (χ0) is 10.7. The fourth-order valence-electron chi connectivity index (χ4n) is 1.44. The van der Waals surface area contributed by atoms with E-state index in [-0.39, 0.29) is 11.9 Å². The van der Waals surface area contributed by atoms with Gasteiger partial charge in [-0.1, -0.05) is 19.9 Å². The van der Waals surface area contributed by atoms with Crippen molar-refractivity contribution < 1.29 is 4.39 Å². The van der Waals surface area contributed by atoms with E-state index in [1.165, 1.54) is 12.1 Å². The van der Waals surface area contributed by atoms with Gasteiger partial charge in [-0.05, 0) is 52.6 Å². The largest absolute Gasteiger partial charge is 0.324 e. The first-order valence-corrected chi connectivity index (χ1v) is 5.79. The first-order valence-electron chi connectivity index (χ1n) is 4.71. The summed E-state index contributed by atoms with van der Waals surface area (Å²) in [5.74, 6) is 0.362. The summed E-state index contributed by atoms with van der Waals surface area (Å²) in [6, 6.07) is 4.79. The van der Waals surface area contributed by atoms with Gasteiger partial charge in [0.2, 0.25) is 0 Å². The average molecular weight is 307 g/mol. The van der Waals surface area contributed by atoms with Crippen LogP contribution in [-0.2, 0) is 0 Å². The Balaban J connectivity index is 2.84. The molecule has 0 radical (unpaired) electrons. The molecule has 0 bridgehead atoms. The average Bonchev–Trinajstić information content (AvgIpc) is 2.01. The van der Waals surface area contributed by atoms with Crippen LogP contribution in [0.2, 0.25) is 0 Å². The molecule has 3 heteroatoms. The van der Waals surface area contributed by atoms with Gasteiger partial charge in [0.1, 0.15) is 5.82 Å². The van der Waals surface area contributed by atoms with Crippen molar-refractivity contribution in [1.82, 2.24) is 0 Å². The van der Waals surface area contributed by atoms with Crippen LogP contribution in [-0.4, -0.2) is 0 Å². The molecule has 0 spiro atoms. The van der Waals surface area contributed by atoms with Crippen molar-refractivity contribution in [2.75, 3.05) is 0 Å². The summed E-state index contributed by atoms with van der Waals surface area (Å²) in [4.78, 5) is 0. The Bertz CT molecular complexity index is 312. The maximum Gasteiger partial charge on any atom is 0.124 e. The summed E-state index contributed by atoms with van der Waals surface area (Å²) in [7, 11) is 0. The molecule has 1 aromatic carbocycles. The number of rotatable bonds is 3. The highest BCUT2D eigenvalue weighted by Gasteiger charge is 2.11. The van der Waals surface area contributed by atoms with E-state index in [2.05, 4.69) is 36.4 Å². The van der Waals surface area contributed by atoms with Gasteiger partial charge in [0.05, 0.1) is 0 Å². The van der Waals surface area contributed by atoms with Crippen LogP contribution in [0, 0.1) is 15.3 Å². The van der Waals surface area contributed by atoms with E-state index in [1.807, 2.05) is 0 Å². The quantitative estimate of drug-likeness (QED) is 0.850. The van der Waals surface area contributed by atoms with Gasteiger partial charge in [0.25, 0.3) is 0 Å². The highest BCUT2D eigenvalue weighted by atomic mass is 127. The van der Waals surface area contributed by atoms with Crippen molar-refractivity contribution in [3.63, 3.8) is 0 Å². The lowest BCUT2D eigenvalue weighted by atomic mass is 9.98. The first kappa shape index (κ1) is 11.9. The van der Waals surface area contributed by atoms with Gasteiger partial charge in [-0.15, -0.1) is 0 Å². The van der Waals surface area contributed by atoms with Crippen LogP contribution < -0.4 is 5.73 Å². The Kier molecular flexibility index (Phi) is 4.31. The number of hydrogen-bond donors (Lipinski definition) is 1. The van der Waals surface area contributed by atoms with Crippen LogP contribution in [0.15, 0.2) is 18.2 Å². The molecule has 0 aliphatic carbocycles. The van der Waals surface area contributed by atoms with Crippen molar-refractivity contribution in [3.05, 3.63) is 33.1 Å². The van der Waals surface area contributed by atoms with Crippen molar-refractivity contribution in [2.45, 2.75) is 26.3 Å². The zero-order valence-electron chi connectivity index (χ0n) is 8.43. The predicted molar refractivity (Wildman–Crippen MR) is 65.5 cm³/mol. The first-order chi connectivity index (χ1) is 6.50. The van der Waals surface area contributed by atoms with Crippen LogP contribution in [0.1, 0.15) is 31.9 Å². The van der Waals surface area contributed by atoms with E-state index in [9.17, 15) is 4.39 Å². The summed E-state index contributed by atoms with van der Waals surface area (Å²) >= 11 is 2.13. The minimum Gasteiger partial charge on any atom is -0.324 e. The summed E-state index contributed by atoms with van der Waals surface area (Å²) in [5.41, 5.74) is 7.06. The highest BCUT2D eigenvalue weighted by molar-refractivity contribution is 14.1. The van der Waals surface area contributed by atoms with E-state index in [4.69, 9.17) is 5.73 Å². The second-order valence-electron chi connectivity index (χ2n) is 3.90. The molecule has 0 heterocycles. The number of hydrogen-bond acceptors (Lipinski definition) is 1. The van der Waals surface area contributed by atoms with Gasteiger partial charge in [-0.2, -0.15) is 0 Å². The highest BCUT2D eigenvalue weighted by Crippen LogP contribution is 2.24. The third kappa shape index (κ3) is 3.20. The van der Waals surface area contributed by atoms with E-state index in [1.54, 1.807) is 6.07 Å². The lowest BCUT2D eigenvalue weighted by Gasteiger charge is -2.15. The van der Waals surface area contributed by atoms with Crippen LogP contribution >= 0.6 is 22.6 Å². The van der Waals surface area contributed by atoms with Gasteiger partial charge in [0.15, 0.2) is 0 Å². The van der Waals surface area contributed by atoms with Gasteiger partial charge in [-0.3, -0.25) is 0 Å². The van der Waals surface area contributed by atoms with Crippen molar-refractivity contribution in [2.24, 2.45) is 11.7 Å². The van der Waals surface area contributed by atoms with Gasteiger partial charge >= 0.3 is 0 Å². The second-order valence-corrected chi connectivity index (χ2v) is 5.06. The molecular weight excluding hydrogens is 292 g/mol. The zero-order valence-corrected chi connectivity index (χ0v) is 10.6. The van der Waals surface area contributed by atoms with Crippen LogP contribution in [0.25, 0.3) is 0 Å². The molecule has 1 aromatic rings. The molecule has 1 atom stereocenters. The Morgan fingerprint density at radius 2 is 2.07 bits per heavy atom. The molecule has 2 N–H and O–H groups in total. The standard InChI is InChI=1S/C11H15FIN/c1-7(2)5-11(14)9-4-3-8(12)6-10(9)13/h3-4,6-7,11H,5,14H2,1-2H3. The van der Waals surface area contributed by atoms with Crippen molar-refractivity contribution >= 4 is 22.6 Å². The summed E-state index contributed by atoms with van der Waals surface area (Å²) in [6.45, 7) is 4.27. The molecule has 1 nitrogen and oxygen atoms in total. The van der Waals surface area contributed by atoms with E-state index in [0.29, 0.717) is 5.92 Å². The molecule has 0 saturated carbocycles. The van der Waals surface area contributed by atoms with E-state index in [0.717, 1.165) is 15.6 Å². The smallest absolute Gasteiger partial charge is 0.124 e. The molecule has 1 rings (SSSR count). The van der Waals surface area contributed by atoms with Crippen LogP contribution in [0.4, 0.5) is 4.39 Å². The Morgan fingerprint density at radius 1 is 1.43 bits per heavy atom. The minimum atomic E-state index is -0.199. The number of nitrogens with two attached hydrogens (primary N) is 1. The molecular formula is C11H15FIN. The summed E-state index contributed by atoms with van der Waals surface area (Å²) in [5, 5.41) is 0. The molecule has 0 fully saturated rings.